The molecule has 0 saturated carbocycles. The van der Waals surface area contributed by atoms with E-state index in [1.807, 2.05) is 18.4 Å². The van der Waals surface area contributed by atoms with E-state index in [1.54, 1.807) is 17.7 Å². The highest BCUT2D eigenvalue weighted by atomic mass is 32.1. The molecule has 0 unspecified atom stereocenters. The summed E-state index contributed by atoms with van der Waals surface area (Å²) in [7, 11) is 0. The fourth-order valence-corrected chi connectivity index (χ4v) is 3.96. The third kappa shape index (κ3) is 2.93. The van der Waals surface area contributed by atoms with Gasteiger partial charge in [0.25, 0.3) is 0 Å². The molecule has 0 spiro atoms. The second-order valence-electron chi connectivity index (χ2n) is 6.27. The van der Waals surface area contributed by atoms with Crippen LogP contribution in [0, 0.1) is 5.92 Å². The maximum atomic E-state index is 12.5. The van der Waals surface area contributed by atoms with E-state index in [4.69, 9.17) is 4.84 Å². The van der Waals surface area contributed by atoms with Crippen LogP contribution in [-0.4, -0.2) is 40.9 Å². The number of amidine groups is 1. The summed E-state index contributed by atoms with van der Waals surface area (Å²) in [5, 5.41) is 9.91. The zero-order valence-corrected chi connectivity index (χ0v) is 14.3. The van der Waals surface area contributed by atoms with Crippen LogP contribution in [0.4, 0.5) is 5.82 Å². The molecule has 4 heterocycles. The average molecular weight is 345 g/mol. The Morgan fingerprint density at radius 2 is 2.38 bits per heavy atom. The van der Waals surface area contributed by atoms with Crippen LogP contribution in [0.3, 0.4) is 0 Å². The second kappa shape index (κ2) is 6.35. The number of fused-ring (bicyclic) bond motifs is 1. The van der Waals surface area contributed by atoms with Gasteiger partial charge in [-0.25, -0.2) is 9.97 Å². The Balaban J connectivity index is 1.47. The second-order valence-corrected chi connectivity index (χ2v) is 7.16. The van der Waals surface area contributed by atoms with Crippen molar-refractivity contribution < 1.29 is 9.63 Å². The van der Waals surface area contributed by atoms with Crippen molar-refractivity contribution in [1.82, 2.24) is 15.3 Å². The highest BCUT2D eigenvalue weighted by Gasteiger charge is 2.29. The van der Waals surface area contributed by atoms with Gasteiger partial charge < -0.3 is 15.1 Å². The van der Waals surface area contributed by atoms with Crippen molar-refractivity contribution >= 4 is 39.1 Å². The summed E-state index contributed by atoms with van der Waals surface area (Å²) in [5.74, 6) is 1.51. The molecule has 2 aromatic rings. The maximum absolute atomic E-state index is 12.5. The molecule has 2 aliphatic rings. The summed E-state index contributed by atoms with van der Waals surface area (Å²) < 4.78 is 0. The van der Waals surface area contributed by atoms with Crippen molar-refractivity contribution in [2.75, 3.05) is 18.0 Å². The first-order valence-corrected chi connectivity index (χ1v) is 9.05. The Bertz CT molecular complexity index is 790. The highest BCUT2D eigenvalue weighted by molar-refractivity contribution is 7.16. The molecule has 1 amide bonds. The van der Waals surface area contributed by atoms with Gasteiger partial charge >= 0.3 is 0 Å². The molecule has 2 aliphatic heterocycles. The van der Waals surface area contributed by atoms with Crippen LogP contribution in [0.15, 0.2) is 22.9 Å². The number of piperidine rings is 1. The Kier molecular flexibility index (Phi) is 4.05. The number of anilines is 1. The summed E-state index contributed by atoms with van der Waals surface area (Å²) in [5.41, 5.74) is 0. The molecule has 1 N–H and O–H groups in total. The van der Waals surface area contributed by atoms with Crippen molar-refractivity contribution in [2.45, 2.75) is 32.3 Å². The molecule has 0 bridgehead atoms. The molecular formula is C16H19N5O2S. The highest BCUT2D eigenvalue weighted by Crippen LogP contribution is 2.30. The number of oxime groups is 1. The molecular weight excluding hydrogens is 326 g/mol. The maximum Gasteiger partial charge on any atom is 0.230 e. The monoisotopic (exact) mass is 345 g/mol. The number of hydrogen-bond acceptors (Lipinski definition) is 7. The molecule has 2 atom stereocenters. The zero-order valence-electron chi connectivity index (χ0n) is 13.4. The van der Waals surface area contributed by atoms with Crippen molar-refractivity contribution in [1.29, 1.82) is 0 Å². The molecule has 0 aromatic carbocycles. The number of thiophene rings is 1. The number of rotatable bonds is 2. The lowest BCUT2D eigenvalue weighted by Crippen LogP contribution is -2.45. The minimum atomic E-state index is -0.0685. The van der Waals surface area contributed by atoms with Crippen molar-refractivity contribution in [3.05, 3.63) is 17.8 Å². The fraction of sp³-hybridized carbons (Fsp3) is 0.500. The lowest BCUT2D eigenvalue weighted by atomic mass is 9.97. The van der Waals surface area contributed by atoms with Crippen LogP contribution in [-0.2, 0) is 9.63 Å². The molecule has 7 nitrogen and oxygen atoms in total. The number of aromatic nitrogens is 2. The van der Waals surface area contributed by atoms with Gasteiger partial charge in [-0.15, -0.1) is 11.3 Å². The first-order valence-electron chi connectivity index (χ1n) is 8.17. The molecule has 24 heavy (non-hydrogen) atoms. The van der Waals surface area contributed by atoms with E-state index in [9.17, 15) is 4.79 Å². The van der Waals surface area contributed by atoms with E-state index in [0.717, 1.165) is 35.4 Å². The van der Waals surface area contributed by atoms with Gasteiger partial charge in [0.2, 0.25) is 5.91 Å². The SMILES string of the molecule is C[C@@H]1CC(NC(=O)[C@H]2CCCN(c3ncnc4sccc34)C2)=NO1. The first-order chi connectivity index (χ1) is 11.7. The van der Waals surface area contributed by atoms with Crippen LogP contribution in [0.25, 0.3) is 10.2 Å². The number of nitrogens with zero attached hydrogens (tertiary/aromatic N) is 4. The van der Waals surface area contributed by atoms with E-state index < -0.39 is 0 Å². The van der Waals surface area contributed by atoms with E-state index in [2.05, 4.69) is 25.3 Å². The van der Waals surface area contributed by atoms with E-state index in [1.165, 1.54) is 0 Å². The number of carbonyl (C=O) groups excluding carboxylic acids is 1. The molecule has 0 aliphatic carbocycles. The van der Waals surface area contributed by atoms with Crippen LogP contribution >= 0.6 is 11.3 Å². The van der Waals surface area contributed by atoms with Gasteiger partial charge in [-0.2, -0.15) is 0 Å². The fourth-order valence-electron chi connectivity index (χ4n) is 3.23. The van der Waals surface area contributed by atoms with Crippen LogP contribution < -0.4 is 10.2 Å². The summed E-state index contributed by atoms with van der Waals surface area (Å²) >= 11 is 1.61. The van der Waals surface area contributed by atoms with Gasteiger partial charge in [0.05, 0.1) is 11.3 Å². The first kappa shape index (κ1) is 15.3. The number of hydrogen-bond donors (Lipinski definition) is 1. The Hall–Kier alpha value is -2.22. The molecule has 8 heteroatoms. The summed E-state index contributed by atoms with van der Waals surface area (Å²) in [6.45, 7) is 3.51. The van der Waals surface area contributed by atoms with Crippen LogP contribution in [0.2, 0.25) is 0 Å². The van der Waals surface area contributed by atoms with Crippen molar-refractivity contribution in [3.8, 4) is 0 Å². The predicted octanol–water partition coefficient (Wildman–Crippen LogP) is 2.15. The standard InChI is InChI=1S/C16H19N5O2S/c1-10-7-13(20-23-10)19-15(22)11-3-2-5-21(8-11)14-12-4-6-24-16(12)18-9-17-14/h4,6,9-11H,2-3,5,7-8H2,1H3,(H,19,20,22)/t10-,11+/m1/s1. The molecule has 4 rings (SSSR count). The van der Waals surface area contributed by atoms with Crippen molar-refractivity contribution in [2.24, 2.45) is 11.1 Å². The zero-order chi connectivity index (χ0) is 16.5. The Morgan fingerprint density at radius 1 is 1.46 bits per heavy atom. The average Bonchev–Trinajstić information content (AvgIpc) is 3.23. The number of nitrogens with one attached hydrogen (secondary N) is 1. The summed E-state index contributed by atoms with van der Waals surface area (Å²) in [4.78, 5) is 29.6. The van der Waals surface area contributed by atoms with Gasteiger partial charge in [0.1, 0.15) is 23.1 Å². The van der Waals surface area contributed by atoms with Crippen molar-refractivity contribution in [3.63, 3.8) is 0 Å². The minimum absolute atomic E-state index is 0.0202. The molecule has 126 valence electrons. The summed E-state index contributed by atoms with van der Waals surface area (Å²) in [6.07, 6.45) is 4.14. The van der Waals surface area contributed by atoms with Gasteiger partial charge in [0.15, 0.2) is 5.84 Å². The van der Waals surface area contributed by atoms with Crippen LogP contribution in [0.1, 0.15) is 26.2 Å². The van der Waals surface area contributed by atoms with Gasteiger partial charge in [0, 0.05) is 19.5 Å². The minimum Gasteiger partial charge on any atom is -0.391 e. The predicted molar refractivity (Wildman–Crippen MR) is 93.1 cm³/mol. The largest absolute Gasteiger partial charge is 0.391 e. The number of amides is 1. The molecule has 2 aromatic heterocycles. The Labute approximate surface area is 143 Å². The Morgan fingerprint density at radius 3 is 3.21 bits per heavy atom. The summed E-state index contributed by atoms with van der Waals surface area (Å²) in [6, 6.07) is 2.05. The number of carbonyl (C=O) groups is 1. The third-order valence-corrected chi connectivity index (χ3v) is 5.24. The lowest BCUT2D eigenvalue weighted by molar-refractivity contribution is -0.123. The smallest absolute Gasteiger partial charge is 0.230 e. The lowest BCUT2D eigenvalue weighted by Gasteiger charge is -2.33. The third-order valence-electron chi connectivity index (χ3n) is 4.42. The van der Waals surface area contributed by atoms with Gasteiger partial charge in [-0.05, 0) is 31.2 Å². The molecule has 1 saturated heterocycles. The quantitative estimate of drug-likeness (QED) is 0.902. The van der Waals surface area contributed by atoms with E-state index in [0.29, 0.717) is 18.8 Å². The normalized spacial score (nSPS) is 23.9. The topological polar surface area (TPSA) is 79.7 Å². The molecule has 0 radical (unpaired) electrons. The van der Waals surface area contributed by atoms with Gasteiger partial charge in [-0.3, -0.25) is 4.79 Å². The van der Waals surface area contributed by atoms with E-state index >= 15 is 0 Å². The van der Waals surface area contributed by atoms with Gasteiger partial charge in [-0.1, -0.05) is 5.16 Å². The van der Waals surface area contributed by atoms with Crippen LogP contribution in [0.5, 0.6) is 0 Å². The molecule has 1 fully saturated rings. The van der Waals surface area contributed by atoms with E-state index in [-0.39, 0.29) is 17.9 Å².